The number of aryl methyl sites for hydroxylation is 2. The van der Waals surface area contributed by atoms with Crippen molar-refractivity contribution in [2.24, 2.45) is 5.92 Å². The van der Waals surface area contributed by atoms with E-state index in [9.17, 15) is 4.79 Å². The van der Waals surface area contributed by atoms with Gasteiger partial charge in [0.05, 0.1) is 5.92 Å². The van der Waals surface area contributed by atoms with E-state index < -0.39 is 0 Å². The monoisotopic (exact) mass is 341 g/mol. The van der Waals surface area contributed by atoms with Gasteiger partial charge >= 0.3 is 0 Å². The van der Waals surface area contributed by atoms with E-state index in [2.05, 4.69) is 67.7 Å². The van der Waals surface area contributed by atoms with E-state index in [4.69, 9.17) is 0 Å². The lowest BCUT2D eigenvalue weighted by atomic mass is 9.85. The zero-order valence-electron chi connectivity index (χ0n) is 15.2. The van der Waals surface area contributed by atoms with Gasteiger partial charge in [-0.1, -0.05) is 77.9 Å². The predicted molar refractivity (Wildman–Crippen MR) is 106 cm³/mol. The van der Waals surface area contributed by atoms with Crippen LogP contribution in [0.2, 0.25) is 0 Å². The minimum Gasteiger partial charge on any atom is -0.326 e. The Kier molecular flexibility index (Phi) is 4.12. The third kappa shape index (κ3) is 2.92. The van der Waals surface area contributed by atoms with Crippen LogP contribution >= 0.6 is 0 Å². The second kappa shape index (κ2) is 6.45. The van der Waals surface area contributed by atoms with Crippen molar-refractivity contribution >= 4 is 11.6 Å². The van der Waals surface area contributed by atoms with Crippen molar-refractivity contribution in [3.63, 3.8) is 0 Å². The Morgan fingerprint density at radius 2 is 1.31 bits per heavy atom. The summed E-state index contributed by atoms with van der Waals surface area (Å²) < 4.78 is 0. The van der Waals surface area contributed by atoms with Gasteiger partial charge in [0.1, 0.15) is 0 Å². The second-order valence-corrected chi connectivity index (χ2v) is 7.32. The Balaban J connectivity index is 1.68. The summed E-state index contributed by atoms with van der Waals surface area (Å²) in [6, 6.07) is 26.9. The van der Waals surface area contributed by atoms with Crippen molar-refractivity contribution in [3.05, 3.63) is 101 Å². The maximum Gasteiger partial charge on any atom is 0.228 e. The molecule has 0 aliphatic heterocycles. The summed E-state index contributed by atoms with van der Waals surface area (Å²) in [4.78, 5) is 13.0. The Morgan fingerprint density at radius 1 is 0.808 bits per heavy atom. The molecule has 1 atom stereocenters. The molecule has 4 rings (SSSR count). The van der Waals surface area contributed by atoms with Crippen LogP contribution in [-0.4, -0.2) is 5.91 Å². The van der Waals surface area contributed by atoms with Crippen LogP contribution in [0, 0.1) is 19.8 Å². The smallest absolute Gasteiger partial charge is 0.228 e. The van der Waals surface area contributed by atoms with Crippen LogP contribution in [0.3, 0.4) is 0 Å². The van der Waals surface area contributed by atoms with Crippen LogP contribution in [0.15, 0.2) is 78.9 Å². The molecule has 3 aromatic carbocycles. The largest absolute Gasteiger partial charge is 0.326 e. The molecule has 0 bridgehead atoms. The van der Waals surface area contributed by atoms with E-state index in [0.29, 0.717) is 0 Å². The number of para-hydroxylation sites is 1. The maximum absolute atomic E-state index is 13.0. The fourth-order valence-corrected chi connectivity index (χ4v) is 3.84. The molecule has 1 saturated carbocycles. The van der Waals surface area contributed by atoms with Crippen LogP contribution in [-0.2, 0) is 10.2 Å². The van der Waals surface area contributed by atoms with Crippen LogP contribution in [0.1, 0.15) is 28.7 Å². The van der Waals surface area contributed by atoms with Gasteiger partial charge in [-0.2, -0.15) is 0 Å². The summed E-state index contributed by atoms with van der Waals surface area (Å²) >= 11 is 0. The number of rotatable bonds is 4. The summed E-state index contributed by atoms with van der Waals surface area (Å²) in [6.45, 7) is 4.18. The number of hydrogen-bond acceptors (Lipinski definition) is 1. The van der Waals surface area contributed by atoms with Gasteiger partial charge in [-0.15, -0.1) is 0 Å². The van der Waals surface area contributed by atoms with E-state index in [1.807, 2.05) is 30.3 Å². The summed E-state index contributed by atoms with van der Waals surface area (Å²) in [5, 5.41) is 3.08. The molecule has 0 saturated heterocycles. The highest BCUT2D eigenvalue weighted by molar-refractivity contribution is 5.97. The minimum absolute atomic E-state index is 0.0480. The lowest BCUT2D eigenvalue weighted by molar-refractivity contribution is -0.117. The molecule has 1 fully saturated rings. The minimum atomic E-state index is -0.222. The predicted octanol–water partition coefficient (Wildman–Crippen LogP) is 5.25. The van der Waals surface area contributed by atoms with Gasteiger partial charge in [0, 0.05) is 11.1 Å². The highest BCUT2D eigenvalue weighted by atomic mass is 16.2. The third-order valence-electron chi connectivity index (χ3n) is 5.45. The van der Waals surface area contributed by atoms with Crippen molar-refractivity contribution in [2.75, 3.05) is 5.32 Å². The molecule has 26 heavy (non-hydrogen) atoms. The number of anilines is 1. The average molecular weight is 341 g/mol. The molecule has 3 aromatic rings. The molecule has 0 spiro atoms. The number of carbonyl (C=O) groups excluding carboxylic acids is 1. The molecule has 0 aromatic heterocycles. The molecule has 1 aliphatic rings. The molecule has 2 heteroatoms. The summed E-state index contributed by atoms with van der Waals surface area (Å²) in [6.07, 6.45) is 0.845. The quantitative estimate of drug-likeness (QED) is 0.690. The van der Waals surface area contributed by atoms with Crippen LogP contribution in [0.4, 0.5) is 5.69 Å². The van der Waals surface area contributed by atoms with E-state index in [0.717, 1.165) is 12.1 Å². The molecule has 1 amide bonds. The Labute approximate surface area is 154 Å². The first kappa shape index (κ1) is 16.6. The number of amides is 1. The van der Waals surface area contributed by atoms with Crippen LogP contribution in [0.5, 0.6) is 0 Å². The first-order valence-electron chi connectivity index (χ1n) is 9.10. The summed E-state index contributed by atoms with van der Waals surface area (Å²) in [5.41, 5.74) is 5.55. The van der Waals surface area contributed by atoms with Gasteiger partial charge in [-0.25, -0.2) is 0 Å². The maximum atomic E-state index is 13.0. The van der Waals surface area contributed by atoms with E-state index >= 15 is 0 Å². The van der Waals surface area contributed by atoms with Gasteiger partial charge in [-0.3, -0.25) is 4.79 Å². The first-order chi connectivity index (χ1) is 12.6. The lowest BCUT2D eigenvalue weighted by Gasteiger charge is -2.19. The molecule has 2 nitrogen and oxygen atoms in total. The third-order valence-corrected chi connectivity index (χ3v) is 5.45. The Bertz CT molecular complexity index is 865. The molecule has 130 valence electrons. The van der Waals surface area contributed by atoms with Crippen molar-refractivity contribution in [1.29, 1.82) is 0 Å². The average Bonchev–Trinajstić information content (AvgIpc) is 3.41. The Morgan fingerprint density at radius 3 is 1.81 bits per heavy atom. The number of benzene rings is 3. The van der Waals surface area contributed by atoms with Crippen molar-refractivity contribution < 1.29 is 4.79 Å². The highest BCUT2D eigenvalue weighted by Crippen LogP contribution is 2.59. The summed E-state index contributed by atoms with van der Waals surface area (Å²) in [5.74, 6) is 0.0467. The number of hydrogen-bond donors (Lipinski definition) is 1. The van der Waals surface area contributed by atoms with Gasteiger partial charge in [0.15, 0.2) is 0 Å². The van der Waals surface area contributed by atoms with Gasteiger partial charge in [0.25, 0.3) is 0 Å². The zero-order valence-corrected chi connectivity index (χ0v) is 15.2. The van der Waals surface area contributed by atoms with Crippen molar-refractivity contribution in [1.82, 2.24) is 0 Å². The van der Waals surface area contributed by atoms with Gasteiger partial charge in [-0.05, 0) is 43.5 Å². The number of nitrogens with one attached hydrogen (secondary N) is 1. The van der Waals surface area contributed by atoms with Crippen molar-refractivity contribution in [3.8, 4) is 0 Å². The first-order valence-corrected chi connectivity index (χ1v) is 9.10. The van der Waals surface area contributed by atoms with Crippen LogP contribution < -0.4 is 5.32 Å². The molecule has 0 radical (unpaired) electrons. The second-order valence-electron chi connectivity index (χ2n) is 7.32. The summed E-state index contributed by atoms with van der Waals surface area (Å²) in [7, 11) is 0. The fourth-order valence-electron chi connectivity index (χ4n) is 3.84. The SMILES string of the molecule is Cc1ccc(C2(c3ccc(C)cc3)C[C@H]2C(=O)Nc2ccccc2)cc1. The molecule has 0 unspecified atom stereocenters. The highest BCUT2D eigenvalue weighted by Gasteiger charge is 2.60. The Hall–Kier alpha value is -2.87. The zero-order chi connectivity index (χ0) is 18.1. The molecule has 1 N–H and O–H groups in total. The molecule has 0 heterocycles. The van der Waals surface area contributed by atoms with Crippen LogP contribution in [0.25, 0.3) is 0 Å². The lowest BCUT2D eigenvalue weighted by Crippen LogP contribution is -2.22. The normalized spacial score (nSPS) is 17.5. The molecule has 1 aliphatic carbocycles. The molecular formula is C24H23NO. The van der Waals surface area contributed by atoms with Crippen molar-refractivity contribution in [2.45, 2.75) is 25.7 Å². The van der Waals surface area contributed by atoms with E-state index in [-0.39, 0.29) is 17.2 Å². The number of carbonyl (C=O) groups is 1. The topological polar surface area (TPSA) is 29.1 Å². The van der Waals surface area contributed by atoms with E-state index in [1.165, 1.54) is 22.3 Å². The van der Waals surface area contributed by atoms with E-state index in [1.54, 1.807) is 0 Å². The van der Waals surface area contributed by atoms with Gasteiger partial charge < -0.3 is 5.32 Å². The molecular weight excluding hydrogens is 318 g/mol. The fraction of sp³-hybridized carbons (Fsp3) is 0.208. The van der Waals surface area contributed by atoms with Gasteiger partial charge in [0.2, 0.25) is 5.91 Å². The standard InChI is InChI=1S/C24H23NO/c1-17-8-12-19(13-9-17)24(20-14-10-18(2)11-15-20)16-22(24)23(26)25-21-6-4-3-5-7-21/h3-15,22H,16H2,1-2H3,(H,25,26)/t22-/m0/s1.